The van der Waals surface area contributed by atoms with Gasteiger partial charge in [-0.1, -0.05) is 18.2 Å². The molecule has 0 bridgehead atoms. The number of carbonyl (C=O) groups is 1. The first-order chi connectivity index (χ1) is 8.52. The summed E-state index contributed by atoms with van der Waals surface area (Å²) >= 11 is 0. The lowest BCUT2D eigenvalue weighted by molar-refractivity contribution is -0.384. The van der Waals surface area contributed by atoms with Crippen molar-refractivity contribution in [3.63, 3.8) is 0 Å². The molecule has 96 valence electrons. The molecular formula is C13H15NO4. The SMILES string of the molecule is CCOC(=O)CC=Cc1cc(C)cc([N+](=O)[O-])c1. The van der Waals surface area contributed by atoms with Crippen LogP contribution in [0, 0.1) is 17.0 Å². The van der Waals surface area contributed by atoms with Gasteiger partial charge in [0.1, 0.15) is 0 Å². The average Bonchev–Trinajstić information content (AvgIpc) is 2.28. The molecule has 0 amide bonds. The Labute approximate surface area is 105 Å². The van der Waals surface area contributed by atoms with Crippen LogP contribution in [0.15, 0.2) is 24.3 Å². The lowest BCUT2D eigenvalue weighted by Gasteiger charge is -1.99. The summed E-state index contributed by atoms with van der Waals surface area (Å²) in [6, 6.07) is 4.78. The van der Waals surface area contributed by atoms with Gasteiger partial charge in [0, 0.05) is 12.1 Å². The molecule has 0 heterocycles. The van der Waals surface area contributed by atoms with Crippen molar-refractivity contribution in [3.05, 3.63) is 45.5 Å². The second-order valence-corrected chi connectivity index (χ2v) is 3.77. The van der Waals surface area contributed by atoms with E-state index in [1.54, 1.807) is 26.0 Å². The number of carbonyl (C=O) groups excluding carboxylic acids is 1. The molecule has 0 saturated heterocycles. The van der Waals surface area contributed by atoms with E-state index in [2.05, 4.69) is 0 Å². The van der Waals surface area contributed by atoms with E-state index >= 15 is 0 Å². The Kier molecular flexibility index (Phi) is 5.05. The van der Waals surface area contributed by atoms with Gasteiger partial charge < -0.3 is 4.74 Å². The molecule has 0 aliphatic carbocycles. The first kappa shape index (κ1) is 13.9. The maximum Gasteiger partial charge on any atom is 0.309 e. The molecule has 0 spiro atoms. The van der Waals surface area contributed by atoms with Gasteiger partial charge in [0.2, 0.25) is 0 Å². The van der Waals surface area contributed by atoms with Crippen molar-refractivity contribution in [1.82, 2.24) is 0 Å². The van der Waals surface area contributed by atoms with Gasteiger partial charge in [-0.05, 0) is 25.0 Å². The van der Waals surface area contributed by atoms with Crippen LogP contribution in [0.3, 0.4) is 0 Å². The zero-order valence-electron chi connectivity index (χ0n) is 10.4. The van der Waals surface area contributed by atoms with Gasteiger partial charge in [-0.2, -0.15) is 0 Å². The summed E-state index contributed by atoms with van der Waals surface area (Å²) in [5.74, 6) is -0.309. The number of benzene rings is 1. The number of esters is 1. The van der Waals surface area contributed by atoms with Gasteiger partial charge in [0.25, 0.3) is 5.69 Å². The van der Waals surface area contributed by atoms with Gasteiger partial charge in [0.15, 0.2) is 0 Å². The zero-order chi connectivity index (χ0) is 13.5. The fraction of sp³-hybridized carbons (Fsp3) is 0.308. The Morgan fingerprint density at radius 2 is 2.17 bits per heavy atom. The minimum Gasteiger partial charge on any atom is -0.466 e. The molecule has 0 aromatic heterocycles. The van der Waals surface area contributed by atoms with Gasteiger partial charge in [-0.25, -0.2) is 0 Å². The molecule has 5 heteroatoms. The van der Waals surface area contributed by atoms with Crippen LogP contribution in [-0.4, -0.2) is 17.5 Å². The third kappa shape index (κ3) is 4.37. The highest BCUT2D eigenvalue weighted by Gasteiger charge is 2.06. The van der Waals surface area contributed by atoms with Crippen molar-refractivity contribution < 1.29 is 14.5 Å². The van der Waals surface area contributed by atoms with Crippen molar-refractivity contribution in [2.45, 2.75) is 20.3 Å². The fourth-order valence-electron chi connectivity index (χ4n) is 1.50. The Bertz CT molecular complexity index is 480. The van der Waals surface area contributed by atoms with Gasteiger partial charge >= 0.3 is 5.97 Å². The second-order valence-electron chi connectivity index (χ2n) is 3.77. The molecule has 0 radical (unpaired) electrons. The summed E-state index contributed by atoms with van der Waals surface area (Å²) < 4.78 is 4.77. The number of hydrogen-bond acceptors (Lipinski definition) is 4. The van der Waals surface area contributed by atoms with E-state index in [0.717, 1.165) is 5.56 Å². The number of nitrogens with zero attached hydrogens (tertiary/aromatic N) is 1. The van der Waals surface area contributed by atoms with Crippen molar-refractivity contribution in [2.24, 2.45) is 0 Å². The number of nitro groups is 1. The van der Waals surface area contributed by atoms with Gasteiger partial charge in [-0.3, -0.25) is 14.9 Å². The van der Waals surface area contributed by atoms with Crippen LogP contribution in [0.4, 0.5) is 5.69 Å². The first-order valence-electron chi connectivity index (χ1n) is 5.61. The topological polar surface area (TPSA) is 69.4 Å². The Morgan fingerprint density at radius 3 is 2.78 bits per heavy atom. The van der Waals surface area contributed by atoms with E-state index in [4.69, 9.17) is 4.74 Å². The maximum absolute atomic E-state index is 11.1. The Balaban J connectivity index is 2.75. The monoisotopic (exact) mass is 249 g/mol. The Hall–Kier alpha value is -2.17. The number of non-ortho nitro benzene ring substituents is 1. The summed E-state index contributed by atoms with van der Waals surface area (Å²) in [5.41, 5.74) is 1.55. The molecule has 1 aromatic rings. The van der Waals surface area contributed by atoms with Crippen LogP contribution in [0.5, 0.6) is 0 Å². The van der Waals surface area contributed by atoms with E-state index in [0.29, 0.717) is 12.2 Å². The molecule has 18 heavy (non-hydrogen) atoms. The summed E-state index contributed by atoms with van der Waals surface area (Å²) in [7, 11) is 0. The Morgan fingerprint density at radius 1 is 1.44 bits per heavy atom. The largest absolute Gasteiger partial charge is 0.466 e. The van der Waals surface area contributed by atoms with E-state index in [-0.39, 0.29) is 18.1 Å². The second kappa shape index (κ2) is 6.54. The fourth-order valence-corrected chi connectivity index (χ4v) is 1.50. The summed E-state index contributed by atoms with van der Waals surface area (Å²) in [6.07, 6.45) is 3.48. The summed E-state index contributed by atoms with van der Waals surface area (Å²) in [4.78, 5) is 21.3. The highest BCUT2D eigenvalue weighted by atomic mass is 16.6. The average molecular weight is 249 g/mol. The van der Waals surface area contributed by atoms with Crippen molar-refractivity contribution in [2.75, 3.05) is 6.61 Å². The smallest absolute Gasteiger partial charge is 0.309 e. The molecule has 0 saturated carbocycles. The number of rotatable bonds is 5. The molecular weight excluding hydrogens is 234 g/mol. The third-order valence-corrected chi connectivity index (χ3v) is 2.20. The van der Waals surface area contributed by atoms with Crippen LogP contribution in [0.1, 0.15) is 24.5 Å². The van der Waals surface area contributed by atoms with Gasteiger partial charge in [-0.15, -0.1) is 0 Å². The standard InChI is InChI=1S/C13H15NO4/c1-3-18-13(15)6-4-5-11-7-10(2)8-12(9-11)14(16)17/h4-5,7-9H,3,6H2,1-2H3. The number of aryl methyl sites for hydroxylation is 1. The minimum atomic E-state index is -0.435. The maximum atomic E-state index is 11.1. The first-order valence-corrected chi connectivity index (χ1v) is 5.61. The summed E-state index contributed by atoms with van der Waals surface area (Å²) in [5, 5.41) is 10.7. The molecule has 1 rings (SSSR count). The van der Waals surface area contributed by atoms with Crippen LogP contribution in [0.2, 0.25) is 0 Å². The van der Waals surface area contributed by atoms with Crippen LogP contribution in [0.25, 0.3) is 6.08 Å². The predicted molar refractivity (Wildman–Crippen MR) is 68.1 cm³/mol. The van der Waals surface area contributed by atoms with E-state index in [9.17, 15) is 14.9 Å². The third-order valence-electron chi connectivity index (χ3n) is 2.20. The van der Waals surface area contributed by atoms with Crippen LogP contribution in [-0.2, 0) is 9.53 Å². The quantitative estimate of drug-likeness (QED) is 0.457. The molecule has 0 atom stereocenters. The molecule has 0 N–H and O–H groups in total. The molecule has 0 aliphatic rings. The highest BCUT2D eigenvalue weighted by molar-refractivity contribution is 5.72. The highest BCUT2D eigenvalue weighted by Crippen LogP contribution is 2.17. The number of nitro benzene ring substituents is 1. The van der Waals surface area contributed by atoms with Crippen molar-refractivity contribution in [1.29, 1.82) is 0 Å². The molecule has 0 fully saturated rings. The van der Waals surface area contributed by atoms with E-state index in [1.807, 2.05) is 6.07 Å². The molecule has 0 aliphatic heterocycles. The normalized spacial score (nSPS) is 10.6. The lowest BCUT2D eigenvalue weighted by Crippen LogP contribution is -2.01. The lowest BCUT2D eigenvalue weighted by atomic mass is 10.1. The van der Waals surface area contributed by atoms with E-state index < -0.39 is 4.92 Å². The predicted octanol–water partition coefficient (Wildman–Crippen LogP) is 2.87. The van der Waals surface area contributed by atoms with Crippen LogP contribution >= 0.6 is 0 Å². The molecule has 5 nitrogen and oxygen atoms in total. The molecule has 1 aromatic carbocycles. The van der Waals surface area contributed by atoms with Crippen molar-refractivity contribution >= 4 is 17.7 Å². The summed E-state index contributed by atoms with van der Waals surface area (Å²) in [6.45, 7) is 3.88. The van der Waals surface area contributed by atoms with E-state index in [1.165, 1.54) is 12.1 Å². The minimum absolute atomic E-state index is 0.0470. The number of ether oxygens (including phenoxy) is 1. The van der Waals surface area contributed by atoms with Gasteiger partial charge in [0.05, 0.1) is 18.0 Å². The van der Waals surface area contributed by atoms with Crippen LogP contribution < -0.4 is 0 Å². The molecule has 0 unspecified atom stereocenters. The zero-order valence-corrected chi connectivity index (χ0v) is 10.4. The van der Waals surface area contributed by atoms with Crippen molar-refractivity contribution in [3.8, 4) is 0 Å². The number of hydrogen-bond donors (Lipinski definition) is 0.